The van der Waals surface area contributed by atoms with Gasteiger partial charge in [0.25, 0.3) is 5.91 Å². The molecule has 6 heteroatoms. The number of ether oxygens (including phenoxy) is 1. The monoisotopic (exact) mass is 366 g/mol. The lowest BCUT2D eigenvalue weighted by Crippen LogP contribution is -2.30. The zero-order valence-electron chi connectivity index (χ0n) is 14.3. The Morgan fingerprint density at radius 2 is 1.77 bits per heavy atom. The molecule has 26 heavy (non-hydrogen) atoms. The van der Waals surface area contributed by atoms with Crippen molar-refractivity contribution in [3.05, 3.63) is 71.9 Å². The molecule has 0 fully saturated rings. The summed E-state index contributed by atoms with van der Waals surface area (Å²) in [5.41, 5.74) is 1.94. The van der Waals surface area contributed by atoms with Crippen LogP contribution in [0.15, 0.2) is 71.4 Å². The number of esters is 1. The topological polar surface area (TPSA) is 59.0 Å². The second-order valence-electron chi connectivity index (χ2n) is 5.40. The maximum atomic E-state index is 12.9. The maximum Gasteiger partial charge on any atom is 0.316 e. The summed E-state index contributed by atoms with van der Waals surface area (Å²) in [5.74, 6) is -0.449. The third-order valence-electron chi connectivity index (χ3n) is 3.57. The molecule has 132 valence electrons. The molecule has 2 aromatic rings. The number of anilines is 1. The van der Waals surface area contributed by atoms with Crippen LogP contribution in [0.3, 0.4) is 0 Å². The van der Waals surface area contributed by atoms with E-state index in [2.05, 4.69) is 4.99 Å². The van der Waals surface area contributed by atoms with E-state index in [1.165, 1.54) is 16.7 Å². The number of nitrogens with zero attached hydrogens (tertiary/aromatic N) is 2. The van der Waals surface area contributed by atoms with E-state index >= 15 is 0 Å². The molecule has 5 nitrogen and oxygen atoms in total. The third-order valence-corrected chi connectivity index (χ3v) is 4.48. The van der Waals surface area contributed by atoms with Crippen molar-refractivity contribution in [1.82, 2.24) is 0 Å². The summed E-state index contributed by atoms with van der Waals surface area (Å²) in [6, 6.07) is 18.8. The zero-order valence-corrected chi connectivity index (χ0v) is 15.1. The van der Waals surface area contributed by atoms with E-state index in [-0.39, 0.29) is 17.6 Å². The van der Waals surface area contributed by atoms with E-state index in [4.69, 9.17) is 4.74 Å². The van der Waals surface area contributed by atoms with Gasteiger partial charge in [-0.25, -0.2) is 4.99 Å². The minimum absolute atomic E-state index is 0.0991. The number of thioether (sulfide) groups is 1. The van der Waals surface area contributed by atoms with Gasteiger partial charge in [0.2, 0.25) is 0 Å². The second-order valence-corrected chi connectivity index (χ2v) is 6.35. The zero-order chi connectivity index (χ0) is 18.4. The molecule has 2 aromatic carbocycles. The fourth-order valence-corrected chi connectivity index (χ4v) is 3.24. The van der Waals surface area contributed by atoms with Crippen molar-refractivity contribution in [2.24, 2.45) is 4.99 Å². The molecule has 0 aliphatic carbocycles. The van der Waals surface area contributed by atoms with Crippen LogP contribution >= 0.6 is 11.8 Å². The first kappa shape index (κ1) is 17.9. The van der Waals surface area contributed by atoms with Gasteiger partial charge in [0.1, 0.15) is 5.70 Å². The molecule has 1 aliphatic heterocycles. The number of benzene rings is 2. The van der Waals surface area contributed by atoms with Crippen LogP contribution in [0.25, 0.3) is 6.08 Å². The molecule has 0 spiro atoms. The number of carbonyl (C=O) groups excluding carboxylic acids is 2. The Labute approximate surface area is 156 Å². The minimum Gasteiger partial charge on any atom is -0.465 e. The molecule has 0 bridgehead atoms. The molecule has 0 saturated heterocycles. The van der Waals surface area contributed by atoms with Crippen molar-refractivity contribution >= 4 is 40.6 Å². The van der Waals surface area contributed by atoms with Crippen LogP contribution in [0.1, 0.15) is 12.5 Å². The lowest BCUT2D eigenvalue weighted by molar-refractivity contribution is -0.139. The van der Waals surface area contributed by atoms with Gasteiger partial charge in [-0.05, 0) is 30.7 Å². The van der Waals surface area contributed by atoms with Crippen molar-refractivity contribution in [2.75, 3.05) is 17.3 Å². The summed E-state index contributed by atoms with van der Waals surface area (Å²) in [6.45, 7) is 2.09. The molecular formula is C20H18N2O3S. The number of rotatable bonds is 5. The quantitative estimate of drug-likeness (QED) is 0.598. The molecule has 1 amide bonds. The summed E-state index contributed by atoms with van der Waals surface area (Å²) in [4.78, 5) is 30.6. The molecule has 0 saturated carbocycles. The van der Waals surface area contributed by atoms with Crippen molar-refractivity contribution in [3.63, 3.8) is 0 Å². The van der Waals surface area contributed by atoms with E-state index < -0.39 is 0 Å². The Bertz CT molecular complexity index is 848. The highest BCUT2D eigenvalue weighted by Crippen LogP contribution is 2.29. The SMILES string of the molecule is CCOC(=O)CSC1=N/C(=C/c2ccccc2)C(=O)N1c1ccccc1. The number of hydrogen-bond acceptors (Lipinski definition) is 5. The smallest absolute Gasteiger partial charge is 0.316 e. The van der Waals surface area contributed by atoms with Gasteiger partial charge in [-0.2, -0.15) is 0 Å². The Morgan fingerprint density at radius 3 is 2.42 bits per heavy atom. The van der Waals surface area contributed by atoms with Gasteiger partial charge in [-0.3, -0.25) is 14.5 Å². The van der Waals surface area contributed by atoms with Crippen LogP contribution in [0.5, 0.6) is 0 Å². The number of aliphatic imine (C=N–C) groups is 1. The lowest BCUT2D eigenvalue weighted by atomic mass is 10.2. The molecule has 0 unspecified atom stereocenters. The summed E-state index contributed by atoms with van der Waals surface area (Å²) in [6.07, 6.45) is 1.75. The van der Waals surface area contributed by atoms with Crippen LogP contribution in [-0.2, 0) is 14.3 Å². The van der Waals surface area contributed by atoms with E-state index in [0.717, 1.165) is 5.56 Å². The fourth-order valence-electron chi connectivity index (χ4n) is 2.43. The van der Waals surface area contributed by atoms with Crippen LogP contribution in [0, 0.1) is 0 Å². The first-order valence-corrected chi connectivity index (χ1v) is 9.21. The Morgan fingerprint density at radius 1 is 1.12 bits per heavy atom. The number of para-hydroxylation sites is 1. The highest BCUT2D eigenvalue weighted by molar-refractivity contribution is 8.14. The number of amides is 1. The molecule has 1 heterocycles. The molecular weight excluding hydrogens is 348 g/mol. The predicted molar refractivity (Wildman–Crippen MR) is 105 cm³/mol. The summed E-state index contributed by atoms with van der Waals surface area (Å²) < 4.78 is 4.96. The summed E-state index contributed by atoms with van der Waals surface area (Å²) >= 11 is 1.19. The standard InChI is InChI=1S/C20H18N2O3S/c1-2-25-18(23)14-26-20-21-17(13-15-9-5-3-6-10-15)19(24)22(20)16-11-7-4-8-12-16/h3-13H,2,14H2,1H3/b17-13+. The molecule has 3 rings (SSSR count). The Hall–Kier alpha value is -2.86. The lowest BCUT2D eigenvalue weighted by Gasteiger charge is -2.17. The first-order chi connectivity index (χ1) is 12.7. The molecule has 0 aromatic heterocycles. The Kier molecular flexibility index (Phi) is 5.86. The number of hydrogen-bond donors (Lipinski definition) is 0. The van der Waals surface area contributed by atoms with Crippen molar-refractivity contribution in [1.29, 1.82) is 0 Å². The molecule has 1 aliphatic rings. The third kappa shape index (κ3) is 4.21. The van der Waals surface area contributed by atoms with E-state index in [0.29, 0.717) is 23.2 Å². The normalized spacial score (nSPS) is 15.3. The van der Waals surface area contributed by atoms with Gasteiger partial charge in [0.15, 0.2) is 5.17 Å². The van der Waals surface area contributed by atoms with Crippen LogP contribution in [-0.4, -0.2) is 29.4 Å². The van der Waals surface area contributed by atoms with Crippen LogP contribution in [0.2, 0.25) is 0 Å². The predicted octanol–water partition coefficient (Wildman–Crippen LogP) is 3.73. The van der Waals surface area contributed by atoms with Crippen molar-refractivity contribution in [2.45, 2.75) is 6.92 Å². The fraction of sp³-hybridized carbons (Fsp3) is 0.150. The average Bonchev–Trinajstić information content (AvgIpc) is 2.97. The van der Waals surface area contributed by atoms with Crippen molar-refractivity contribution < 1.29 is 14.3 Å². The van der Waals surface area contributed by atoms with E-state index in [9.17, 15) is 9.59 Å². The van der Waals surface area contributed by atoms with E-state index in [1.54, 1.807) is 13.0 Å². The largest absolute Gasteiger partial charge is 0.465 e. The second kappa shape index (κ2) is 8.49. The van der Waals surface area contributed by atoms with Crippen molar-refractivity contribution in [3.8, 4) is 0 Å². The molecule has 0 atom stereocenters. The van der Waals surface area contributed by atoms with Gasteiger partial charge in [0, 0.05) is 0 Å². The van der Waals surface area contributed by atoms with E-state index in [1.807, 2.05) is 60.7 Å². The molecule has 0 radical (unpaired) electrons. The van der Waals surface area contributed by atoms with Gasteiger partial charge in [-0.15, -0.1) is 0 Å². The molecule has 0 N–H and O–H groups in total. The van der Waals surface area contributed by atoms with Gasteiger partial charge < -0.3 is 4.74 Å². The van der Waals surface area contributed by atoms with Gasteiger partial charge >= 0.3 is 5.97 Å². The summed E-state index contributed by atoms with van der Waals surface area (Å²) in [5, 5.41) is 0.469. The van der Waals surface area contributed by atoms with Crippen LogP contribution < -0.4 is 4.90 Å². The highest BCUT2D eigenvalue weighted by Gasteiger charge is 2.32. The van der Waals surface area contributed by atoms with Gasteiger partial charge in [-0.1, -0.05) is 60.3 Å². The maximum absolute atomic E-state index is 12.9. The van der Waals surface area contributed by atoms with Crippen LogP contribution in [0.4, 0.5) is 5.69 Å². The Balaban J connectivity index is 1.89. The average molecular weight is 366 g/mol. The van der Waals surface area contributed by atoms with Gasteiger partial charge in [0.05, 0.1) is 18.0 Å². The number of amidine groups is 1. The first-order valence-electron chi connectivity index (χ1n) is 8.22. The highest BCUT2D eigenvalue weighted by atomic mass is 32.2. The minimum atomic E-state index is -0.332. The summed E-state index contributed by atoms with van der Waals surface area (Å²) in [7, 11) is 0. The number of carbonyl (C=O) groups is 2.